The zero-order chi connectivity index (χ0) is 16.5. The van der Waals surface area contributed by atoms with E-state index in [-0.39, 0.29) is 11.6 Å². The summed E-state index contributed by atoms with van der Waals surface area (Å²) in [4.78, 5) is 11.3. The zero-order valence-electron chi connectivity index (χ0n) is 11.9. The van der Waals surface area contributed by atoms with Gasteiger partial charge in [-0.2, -0.15) is 5.10 Å². The summed E-state index contributed by atoms with van der Waals surface area (Å²) in [5, 5.41) is 4.11. The van der Waals surface area contributed by atoms with Gasteiger partial charge in [0.1, 0.15) is 5.75 Å². The van der Waals surface area contributed by atoms with Gasteiger partial charge in [-0.3, -0.25) is 9.48 Å². The monoisotopic (exact) mass is 313 g/mol. The predicted molar refractivity (Wildman–Crippen MR) is 73.2 cm³/mol. The fraction of sp³-hybridized carbons (Fsp3) is 0.286. The Balaban J connectivity index is 2.55. The molecule has 2 N–H and O–H groups in total. The summed E-state index contributed by atoms with van der Waals surface area (Å²) in [6.45, 7) is 3.75. The first-order chi connectivity index (χ1) is 10.2. The van der Waals surface area contributed by atoms with Crippen LogP contribution in [0.15, 0.2) is 30.5 Å². The number of rotatable bonds is 4. The van der Waals surface area contributed by atoms with Crippen LogP contribution in [0.25, 0.3) is 11.3 Å². The number of benzene rings is 1. The van der Waals surface area contributed by atoms with Crippen molar-refractivity contribution in [1.29, 1.82) is 0 Å². The Morgan fingerprint density at radius 2 is 2.00 bits per heavy atom. The largest absolute Gasteiger partial charge is 0.573 e. The summed E-state index contributed by atoms with van der Waals surface area (Å²) in [5.41, 5.74) is 6.02. The molecular weight excluding hydrogens is 299 g/mol. The van der Waals surface area contributed by atoms with E-state index in [1.165, 1.54) is 18.3 Å². The highest BCUT2D eigenvalue weighted by molar-refractivity contribution is 5.94. The normalized spacial score (nSPS) is 11.7. The Morgan fingerprint density at radius 3 is 2.55 bits per heavy atom. The maximum absolute atomic E-state index is 12.4. The molecule has 8 heteroatoms. The number of primary amides is 1. The molecule has 118 valence electrons. The van der Waals surface area contributed by atoms with Crippen LogP contribution in [-0.2, 0) is 0 Å². The highest BCUT2D eigenvalue weighted by atomic mass is 19.4. The number of alkyl halides is 3. The summed E-state index contributed by atoms with van der Waals surface area (Å²) >= 11 is 0. The van der Waals surface area contributed by atoms with E-state index in [0.29, 0.717) is 11.3 Å². The summed E-state index contributed by atoms with van der Waals surface area (Å²) in [5.74, 6) is -1.35. The van der Waals surface area contributed by atoms with E-state index < -0.39 is 18.0 Å². The van der Waals surface area contributed by atoms with Gasteiger partial charge < -0.3 is 10.5 Å². The van der Waals surface area contributed by atoms with Gasteiger partial charge in [-0.1, -0.05) is 0 Å². The van der Waals surface area contributed by atoms with Crippen molar-refractivity contribution in [3.63, 3.8) is 0 Å². The molecule has 1 amide bonds. The number of carbonyl (C=O) groups is 1. The van der Waals surface area contributed by atoms with E-state index in [1.54, 1.807) is 10.7 Å². The lowest BCUT2D eigenvalue weighted by Crippen LogP contribution is -2.18. The van der Waals surface area contributed by atoms with Crippen LogP contribution in [0.2, 0.25) is 0 Å². The third-order valence-corrected chi connectivity index (χ3v) is 2.88. The van der Waals surface area contributed by atoms with E-state index in [2.05, 4.69) is 9.84 Å². The van der Waals surface area contributed by atoms with Crippen LogP contribution < -0.4 is 10.5 Å². The smallest absolute Gasteiger partial charge is 0.406 e. The van der Waals surface area contributed by atoms with E-state index in [1.807, 2.05) is 13.8 Å². The lowest BCUT2D eigenvalue weighted by molar-refractivity contribution is -0.274. The minimum atomic E-state index is -4.86. The SMILES string of the molecule is CC(C)n1nccc1-c1cc(OC(F)(F)F)cc(C(N)=O)c1. The molecule has 1 aromatic carbocycles. The Bertz CT molecular complexity index is 693. The molecule has 5 nitrogen and oxygen atoms in total. The molecule has 22 heavy (non-hydrogen) atoms. The first-order valence-corrected chi connectivity index (χ1v) is 6.42. The molecule has 0 atom stereocenters. The van der Waals surface area contributed by atoms with Crippen molar-refractivity contribution < 1.29 is 22.7 Å². The lowest BCUT2D eigenvalue weighted by atomic mass is 10.1. The van der Waals surface area contributed by atoms with Crippen LogP contribution in [0.5, 0.6) is 5.75 Å². The van der Waals surface area contributed by atoms with Crippen LogP contribution in [0.3, 0.4) is 0 Å². The standard InChI is InChI=1S/C14H14F3N3O2/c1-8(2)20-12(3-4-19-20)9-5-10(13(18)21)7-11(6-9)22-14(15,16)17/h3-8H,1-2H3,(H2,18,21). The average molecular weight is 313 g/mol. The Morgan fingerprint density at radius 1 is 1.32 bits per heavy atom. The summed E-state index contributed by atoms with van der Waals surface area (Å²) in [6, 6.07) is 5.18. The molecule has 1 heterocycles. The zero-order valence-corrected chi connectivity index (χ0v) is 11.9. The first-order valence-electron chi connectivity index (χ1n) is 6.42. The molecule has 0 aliphatic carbocycles. The maximum atomic E-state index is 12.4. The third kappa shape index (κ3) is 3.57. The summed E-state index contributed by atoms with van der Waals surface area (Å²) in [6.07, 6.45) is -3.33. The molecule has 0 aliphatic heterocycles. The predicted octanol–water partition coefficient (Wildman–Crippen LogP) is 3.13. The van der Waals surface area contributed by atoms with Gasteiger partial charge in [-0.15, -0.1) is 13.2 Å². The molecule has 0 bridgehead atoms. The number of nitrogens with zero attached hydrogens (tertiary/aromatic N) is 2. The van der Waals surface area contributed by atoms with Crippen molar-refractivity contribution in [3.8, 4) is 17.0 Å². The quantitative estimate of drug-likeness (QED) is 0.942. The highest BCUT2D eigenvalue weighted by Gasteiger charge is 2.31. The number of nitrogens with two attached hydrogens (primary N) is 1. The molecule has 2 rings (SSSR count). The maximum Gasteiger partial charge on any atom is 0.573 e. The second-order valence-corrected chi connectivity index (χ2v) is 4.91. The Hall–Kier alpha value is -2.51. The topological polar surface area (TPSA) is 70.1 Å². The Kier molecular flexibility index (Phi) is 4.11. The fourth-order valence-electron chi connectivity index (χ4n) is 2.04. The van der Waals surface area contributed by atoms with Crippen molar-refractivity contribution in [1.82, 2.24) is 9.78 Å². The minimum Gasteiger partial charge on any atom is -0.406 e. The number of amides is 1. The molecule has 0 saturated heterocycles. The van der Waals surface area contributed by atoms with Crippen molar-refractivity contribution in [2.24, 2.45) is 5.73 Å². The van der Waals surface area contributed by atoms with Crippen LogP contribution >= 0.6 is 0 Å². The number of aromatic nitrogens is 2. The number of hydrogen-bond acceptors (Lipinski definition) is 3. The lowest BCUT2D eigenvalue weighted by Gasteiger charge is -2.14. The van der Waals surface area contributed by atoms with E-state index in [9.17, 15) is 18.0 Å². The second-order valence-electron chi connectivity index (χ2n) is 4.91. The van der Waals surface area contributed by atoms with Gasteiger partial charge in [-0.05, 0) is 38.1 Å². The van der Waals surface area contributed by atoms with Gasteiger partial charge >= 0.3 is 6.36 Å². The van der Waals surface area contributed by atoms with E-state index in [4.69, 9.17) is 5.73 Å². The molecular formula is C14H14F3N3O2. The van der Waals surface area contributed by atoms with Crippen LogP contribution in [0, 0.1) is 0 Å². The van der Waals surface area contributed by atoms with Gasteiger partial charge in [0.25, 0.3) is 0 Å². The molecule has 0 unspecified atom stereocenters. The van der Waals surface area contributed by atoms with E-state index >= 15 is 0 Å². The first kappa shape index (κ1) is 15.9. The van der Waals surface area contributed by atoms with Crippen LogP contribution in [-0.4, -0.2) is 22.1 Å². The molecule has 0 fully saturated rings. The molecule has 0 aliphatic rings. The number of ether oxygens (including phenoxy) is 1. The molecule has 1 aromatic heterocycles. The second kappa shape index (κ2) is 5.70. The molecule has 0 saturated carbocycles. The third-order valence-electron chi connectivity index (χ3n) is 2.88. The van der Waals surface area contributed by atoms with Gasteiger partial charge in [0, 0.05) is 23.4 Å². The van der Waals surface area contributed by atoms with Crippen molar-refractivity contribution in [2.45, 2.75) is 26.3 Å². The number of hydrogen-bond donors (Lipinski definition) is 1. The van der Waals surface area contributed by atoms with Gasteiger partial charge in [0.15, 0.2) is 0 Å². The number of carbonyl (C=O) groups excluding carboxylic acids is 1. The van der Waals surface area contributed by atoms with Crippen LogP contribution in [0.4, 0.5) is 13.2 Å². The number of halogens is 3. The molecule has 0 spiro atoms. The highest BCUT2D eigenvalue weighted by Crippen LogP contribution is 2.30. The molecule has 2 aromatic rings. The molecule has 0 radical (unpaired) electrons. The van der Waals surface area contributed by atoms with Crippen molar-refractivity contribution in [2.75, 3.05) is 0 Å². The minimum absolute atomic E-state index is 0.00535. The van der Waals surface area contributed by atoms with Crippen LogP contribution in [0.1, 0.15) is 30.2 Å². The summed E-state index contributed by atoms with van der Waals surface area (Å²) < 4.78 is 42.7. The van der Waals surface area contributed by atoms with Crippen molar-refractivity contribution >= 4 is 5.91 Å². The Labute approximate surface area is 124 Å². The van der Waals surface area contributed by atoms with Gasteiger partial charge in [0.2, 0.25) is 5.91 Å². The average Bonchev–Trinajstić information content (AvgIpc) is 2.85. The van der Waals surface area contributed by atoms with Gasteiger partial charge in [-0.25, -0.2) is 0 Å². The summed E-state index contributed by atoms with van der Waals surface area (Å²) in [7, 11) is 0. The van der Waals surface area contributed by atoms with Crippen molar-refractivity contribution in [3.05, 3.63) is 36.0 Å². The van der Waals surface area contributed by atoms with E-state index in [0.717, 1.165) is 6.07 Å². The van der Waals surface area contributed by atoms with Gasteiger partial charge in [0.05, 0.1) is 5.69 Å². The fourth-order valence-corrected chi connectivity index (χ4v) is 2.04.